The molecular weight excluding hydrogens is 272 g/mol. The van der Waals surface area contributed by atoms with Crippen molar-refractivity contribution >= 4 is 5.78 Å². The van der Waals surface area contributed by atoms with Crippen LogP contribution in [0.5, 0.6) is 0 Å². The van der Waals surface area contributed by atoms with Crippen LogP contribution in [0.4, 0.5) is 0 Å². The fourth-order valence-corrected chi connectivity index (χ4v) is 6.24. The summed E-state index contributed by atoms with van der Waals surface area (Å²) in [7, 11) is 0. The van der Waals surface area contributed by atoms with E-state index in [1.54, 1.807) is 0 Å². The number of ketones is 1. The highest BCUT2D eigenvalue weighted by molar-refractivity contribution is 5.92. The van der Waals surface area contributed by atoms with Gasteiger partial charge in [0.25, 0.3) is 0 Å². The van der Waals surface area contributed by atoms with E-state index in [2.05, 4.69) is 26.0 Å². The molecular formula is C20H28O2. The minimum Gasteiger partial charge on any atom is -0.390 e. The minimum atomic E-state index is -0.518. The van der Waals surface area contributed by atoms with E-state index in [0.29, 0.717) is 30.0 Å². The standard InChI is InChI=1S/C20H28O2/c1-18-9-6-14(21)12-13(18)4-5-15-16(18)7-10-19(2)17(15)8-11-20(19,3)22/h4-5,12,15-17,22H,6-11H2,1-3H3/t15-,16+,17-,18+,19+,20+/m1/s1. The van der Waals surface area contributed by atoms with E-state index in [-0.39, 0.29) is 10.8 Å². The first-order chi connectivity index (χ1) is 10.3. The maximum absolute atomic E-state index is 11.8. The van der Waals surface area contributed by atoms with E-state index < -0.39 is 5.60 Å². The lowest BCUT2D eigenvalue weighted by atomic mass is 9.48. The van der Waals surface area contributed by atoms with E-state index in [0.717, 1.165) is 25.7 Å². The van der Waals surface area contributed by atoms with Gasteiger partial charge in [-0.3, -0.25) is 4.79 Å². The first kappa shape index (κ1) is 14.7. The third-order valence-corrected chi connectivity index (χ3v) is 8.08. The molecule has 120 valence electrons. The number of carbonyl (C=O) groups is 1. The molecule has 0 heterocycles. The van der Waals surface area contributed by atoms with Gasteiger partial charge in [-0.05, 0) is 79.3 Å². The van der Waals surface area contributed by atoms with E-state index in [4.69, 9.17) is 0 Å². The van der Waals surface area contributed by atoms with Gasteiger partial charge < -0.3 is 5.11 Å². The Labute approximate surface area is 133 Å². The van der Waals surface area contributed by atoms with Crippen LogP contribution in [0.2, 0.25) is 0 Å². The Hall–Kier alpha value is -0.890. The van der Waals surface area contributed by atoms with Crippen molar-refractivity contribution in [2.24, 2.45) is 28.6 Å². The Balaban J connectivity index is 1.76. The topological polar surface area (TPSA) is 37.3 Å². The summed E-state index contributed by atoms with van der Waals surface area (Å²) in [6.45, 7) is 6.74. The van der Waals surface area contributed by atoms with Crippen LogP contribution in [0.1, 0.15) is 59.3 Å². The Morgan fingerprint density at radius 3 is 2.59 bits per heavy atom. The fraction of sp³-hybridized carbons (Fsp3) is 0.750. The second-order valence-electron chi connectivity index (χ2n) is 8.90. The molecule has 0 aromatic heterocycles. The molecule has 1 N–H and O–H groups in total. The van der Waals surface area contributed by atoms with E-state index in [1.807, 2.05) is 13.0 Å². The summed E-state index contributed by atoms with van der Waals surface area (Å²) < 4.78 is 0. The summed E-state index contributed by atoms with van der Waals surface area (Å²) in [6.07, 6.45) is 12.6. The fourth-order valence-electron chi connectivity index (χ4n) is 6.24. The number of aliphatic hydroxyl groups is 1. The predicted molar refractivity (Wildman–Crippen MR) is 87.2 cm³/mol. The van der Waals surface area contributed by atoms with Crippen LogP contribution < -0.4 is 0 Å². The van der Waals surface area contributed by atoms with Crippen molar-refractivity contribution in [1.29, 1.82) is 0 Å². The zero-order valence-electron chi connectivity index (χ0n) is 14.1. The van der Waals surface area contributed by atoms with Gasteiger partial charge in [0.05, 0.1) is 5.60 Å². The van der Waals surface area contributed by atoms with Gasteiger partial charge >= 0.3 is 0 Å². The summed E-state index contributed by atoms with van der Waals surface area (Å²) in [5, 5.41) is 10.9. The highest BCUT2D eigenvalue weighted by atomic mass is 16.3. The van der Waals surface area contributed by atoms with E-state index in [1.165, 1.54) is 12.0 Å². The van der Waals surface area contributed by atoms with Crippen molar-refractivity contribution in [3.8, 4) is 0 Å². The number of hydrogen-bond acceptors (Lipinski definition) is 2. The Morgan fingerprint density at radius 1 is 1.09 bits per heavy atom. The summed E-state index contributed by atoms with van der Waals surface area (Å²) >= 11 is 0. The molecule has 2 saturated carbocycles. The monoisotopic (exact) mass is 300 g/mol. The largest absolute Gasteiger partial charge is 0.390 e. The van der Waals surface area contributed by atoms with Crippen molar-refractivity contribution < 1.29 is 9.90 Å². The number of hydrogen-bond donors (Lipinski definition) is 1. The summed E-state index contributed by atoms with van der Waals surface area (Å²) in [6, 6.07) is 0. The summed E-state index contributed by atoms with van der Waals surface area (Å²) in [5.41, 5.74) is 0.970. The molecule has 0 aromatic rings. The normalized spacial score (nSPS) is 53.5. The molecule has 0 saturated heterocycles. The highest BCUT2D eigenvalue weighted by Gasteiger charge is 2.61. The second kappa shape index (κ2) is 4.35. The van der Waals surface area contributed by atoms with Gasteiger partial charge in [0.15, 0.2) is 5.78 Å². The lowest BCUT2D eigenvalue weighted by Crippen LogP contribution is -2.52. The molecule has 4 rings (SSSR count). The van der Waals surface area contributed by atoms with Crippen LogP contribution in [-0.4, -0.2) is 16.5 Å². The van der Waals surface area contributed by atoms with Crippen molar-refractivity contribution in [2.75, 3.05) is 0 Å². The molecule has 22 heavy (non-hydrogen) atoms. The molecule has 0 bridgehead atoms. The molecule has 0 aliphatic heterocycles. The van der Waals surface area contributed by atoms with Crippen LogP contribution in [0.3, 0.4) is 0 Å². The van der Waals surface area contributed by atoms with Gasteiger partial charge in [-0.15, -0.1) is 0 Å². The average Bonchev–Trinajstić information content (AvgIpc) is 2.70. The Kier molecular flexibility index (Phi) is 2.90. The molecule has 2 nitrogen and oxygen atoms in total. The van der Waals surface area contributed by atoms with Crippen LogP contribution >= 0.6 is 0 Å². The molecule has 2 heteroatoms. The summed E-state index contributed by atoms with van der Waals surface area (Å²) in [5.74, 6) is 2.10. The molecule has 0 spiro atoms. The molecule has 0 unspecified atom stereocenters. The number of carbonyl (C=O) groups excluding carboxylic acids is 1. The van der Waals surface area contributed by atoms with Crippen molar-refractivity contribution in [3.05, 3.63) is 23.8 Å². The first-order valence-corrected chi connectivity index (χ1v) is 8.94. The first-order valence-electron chi connectivity index (χ1n) is 8.94. The van der Waals surface area contributed by atoms with Gasteiger partial charge in [0, 0.05) is 6.42 Å². The Morgan fingerprint density at radius 2 is 1.82 bits per heavy atom. The van der Waals surface area contributed by atoms with Gasteiger partial charge in [-0.1, -0.05) is 26.0 Å². The average molecular weight is 300 g/mol. The van der Waals surface area contributed by atoms with Crippen molar-refractivity contribution in [1.82, 2.24) is 0 Å². The lowest BCUT2D eigenvalue weighted by Gasteiger charge is -2.56. The molecule has 4 aliphatic carbocycles. The van der Waals surface area contributed by atoms with Crippen molar-refractivity contribution in [3.63, 3.8) is 0 Å². The third kappa shape index (κ3) is 1.68. The van der Waals surface area contributed by atoms with Crippen LogP contribution in [0.25, 0.3) is 0 Å². The van der Waals surface area contributed by atoms with Gasteiger partial charge in [0.2, 0.25) is 0 Å². The highest BCUT2D eigenvalue weighted by Crippen LogP contribution is 2.65. The zero-order valence-corrected chi connectivity index (χ0v) is 14.1. The maximum Gasteiger partial charge on any atom is 0.156 e. The quantitative estimate of drug-likeness (QED) is 0.733. The SMILES string of the molecule is C[C@]12CCC(=O)C=C1C=C[C@H]1[C@H]3CC[C@](C)(O)[C@@]3(C)CC[C@@H]12. The van der Waals surface area contributed by atoms with Gasteiger partial charge in [0.1, 0.15) is 0 Å². The molecule has 0 amide bonds. The summed E-state index contributed by atoms with van der Waals surface area (Å²) in [4.78, 5) is 11.8. The minimum absolute atomic E-state index is 0.0561. The lowest BCUT2D eigenvalue weighted by molar-refractivity contribution is -0.118. The molecule has 6 atom stereocenters. The molecule has 4 aliphatic rings. The van der Waals surface area contributed by atoms with E-state index in [9.17, 15) is 9.90 Å². The van der Waals surface area contributed by atoms with Gasteiger partial charge in [-0.2, -0.15) is 0 Å². The molecule has 2 fully saturated rings. The molecule has 0 aromatic carbocycles. The van der Waals surface area contributed by atoms with Crippen LogP contribution in [0.15, 0.2) is 23.8 Å². The van der Waals surface area contributed by atoms with Gasteiger partial charge in [-0.25, -0.2) is 0 Å². The predicted octanol–water partition coefficient (Wildman–Crippen LogP) is 4.05. The maximum atomic E-state index is 11.8. The van der Waals surface area contributed by atoms with Crippen LogP contribution in [-0.2, 0) is 4.79 Å². The Bertz CT molecular complexity index is 585. The van der Waals surface area contributed by atoms with Crippen molar-refractivity contribution in [2.45, 2.75) is 64.9 Å². The molecule has 0 radical (unpaired) electrons. The smallest absolute Gasteiger partial charge is 0.156 e. The van der Waals surface area contributed by atoms with E-state index >= 15 is 0 Å². The number of rotatable bonds is 0. The number of allylic oxidation sites excluding steroid dienone is 4. The second-order valence-corrected chi connectivity index (χ2v) is 8.90. The zero-order chi connectivity index (χ0) is 15.8. The van der Waals surface area contributed by atoms with Crippen LogP contribution in [0, 0.1) is 28.6 Å². The third-order valence-electron chi connectivity index (χ3n) is 8.08. The number of fused-ring (bicyclic) bond motifs is 5.